The third-order valence-corrected chi connectivity index (χ3v) is 5.58. The first-order valence-corrected chi connectivity index (χ1v) is 9.27. The Morgan fingerprint density at radius 3 is 2.19 bits per heavy atom. The monoisotopic (exact) mass is 518 g/mol. The molecule has 4 heterocycles. The summed E-state index contributed by atoms with van der Waals surface area (Å²) in [4.78, 5) is 31.6. The molecule has 4 rings (SSSR count). The van der Waals surface area contributed by atoms with Gasteiger partial charge >= 0.3 is 31.5 Å². The maximum absolute atomic E-state index is 11.9. The maximum atomic E-state index is 11.9. The van der Waals surface area contributed by atoms with Gasteiger partial charge in [-0.1, -0.05) is 0 Å². The van der Waals surface area contributed by atoms with Crippen LogP contribution in [0.2, 0.25) is 0 Å². The summed E-state index contributed by atoms with van der Waals surface area (Å²) in [6.45, 7) is -1.04. The maximum Gasteiger partial charge on any atom is 0.487 e. The molecule has 4 aliphatic rings. The molecule has 2 bridgehead atoms. The van der Waals surface area contributed by atoms with Gasteiger partial charge in [0.1, 0.15) is 18.3 Å². The van der Waals surface area contributed by atoms with Gasteiger partial charge in [-0.25, -0.2) is 27.7 Å². The molecular formula is C12H15FeO17P. The Balaban J connectivity index is 0.00000341. The molecule has 19 heteroatoms. The Hall–Kier alpha value is -1.37. The summed E-state index contributed by atoms with van der Waals surface area (Å²) in [6, 6.07) is 0. The number of ether oxygens (including phenoxy) is 1. The molecule has 3 fully saturated rings. The number of aliphatic hydroxyl groups excluding tert-OH is 7. The van der Waals surface area contributed by atoms with Crippen molar-refractivity contribution in [1.29, 1.82) is 0 Å². The average Bonchev–Trinajstić information content (AvgIpc) is 3.18. The van der Waals surface area contributed by atoms with E-state index in [1.807, 2.05) is 0 Å². The number of carbonyl (C=O) groups excluding carboxylic acids is 2. The van der Waals surface area contributed by atoms with E-state index in [0.29, 0.717) is 0 Å². The van der Waals surface area contributed by atoms with Gasteiger partial charge in [-0.3, -0.25) is 4.89 Å². The van der Waals surface area contributed by atoms with Crippen LogP contribution in [0, 0.1) is 0 Å². The molecule has 4 unspecified atom stereocenters. The van der Waals surface area contributed by atoms with Gasteiger partial charge in [-0.15, -0.1) is 4.89 Å². The molecule has 17 nitrogen and oxygen atoms in total. The van der Waals surface area contributed by atoms with Gasteiger partial charge < -0.3 is 45.6 Å². The third kappa shape index (κ3) is 3.96. The summed E-state index contributed by atoms with van der Waals surface area (Å²) in [6.07, 6.45) is -11.5. The van der Waals surface area contributed by atoms with Gasteiger partial charge in [0.05, 0.1) is 6.61 Å². The van der Waals surface area contributed by atoms with E-state index in [0.717, 1.165) is 0 Å². The van der Waals surface area contributed by atoms with Crippen LogP contribution in [0.25, 0.3) is 0 Å². The molecule has 0 radical (unpaired) electrons. The van der Waals surface area contributed by atoms with Crippen LogP contribution in [0.1, 0.15) is 0 Å². The van der Waals surface area contributed by atoms with Crippen LogP contribution in [0.15, 0.2) is 11.5 Å². The first-order chi connectivity index (χ1) is 13.8. The van der Waals surface area contributed by atoms with Crippen molar-refractivity contribution in [2.24, 2.45) is 0 Å². The minimum Gasteiger partial charge on any atom is -0.505 e. The average molecular weight is 518 g/mol. The second-order valence-electron chi connectivity index (χ2n) is 6.15. The number of carbonyl (C=O) groups is 2. The number of hydrogen-bond acceptors (Lipinski definition) is 17. The SMILES string of the molecule is O=C1O[C@H]([C@]2(O)OP3(=O)OC2(OOC(=O)C(O)C(O)C(O)C(O)CO)O3)C(O)=C1O.[Fe]. The van der Waals surface area contributed by atoms with Gasteiger partial charge in [-0.05, 0) is 0 Å². The molecule has 0 aromatic heterocycles. The van der Waals surface area contributed by atoms with Crippen molar-refractivity contribution in [2.45, 2.75) is 42.3 Å². The number of esters is 1. The second kappa shape index (κ2) is 8.53. The predicted octanol–water partition coefficient (Wildman–Crippen LogP) is -4.32. The van der Waals surface area contributed by atoms with E-state index >= 15 is 0 Å². The topological polar surface area (TPSA) is 268 Å². The molecule has 4 aliphatic heterocycles. The molecule has 178 valence electrons. The first kappa shape index (κ1) is 25.9. The summed E-state index contributed by atoms with van der Waals surface area (Å²) in [5.74, 6) is -12.5. The van der Waals surface area contributed by atoms with Crippen LogP contribution in [0.3, 0.4) is 0 Å². The van der Waals surface area contributed by atoms with Crippen LogP contribution < -0.4 is 0 Å². The van der Waals surface area contributed by atoms with Crippen molar-refractivity contribution in [1.82, 2.24) is 0 Å². The summed E-state index contributed by atoms with van der Waals surface area (Å²) in [5, 5.41) is 76.1. The summed E-state index contributed by atoms with van der Waals surface area (Å²) < 4.78 is 30.0. The Bertz CT molecular complexity index is 820. The summed E-state index contributed by atoms with van der Waals surface area (Å²) in [5.41, 5.74) is 0. The van der Waals surface area contributed by atoms with Crippen molar-refractivity contribution >= 4 is 19.8 Å². The smallest absolute Gasteiger partial charge is 0.487 e. The van der Waals surface area contributed by atoms with Crippen molar-refractivity contribution in [3.8, 4) is 0 Å². The minimum absolute atomic E-state index is 0. The number of cyclic esters (lactones) is 1. The Kier molecular flexibility index (Phi) is 7.12. The molecule has 0 spiro atoms. The number of aliphatic hydroxyl groups is 8. The molecule has 0 saturated carbocycles. The van der Waals surface area contributed by atoms with E-state index in [-0.39, 0.29) is 17.1 Å². The van der Waals surface area contributed by atoms with Crippen molar-refractivity contribution in [2.75, 3.05) is 6.61 Å². The second-order valence-corrected chi connectivity index (χ2v) is 7.60. The van der Waals surface area contributed by atoms with Crippen molar-refractivity contribution in [3.63, 3.8) is 0 Å². The zero-order valence-electron chi connectivity index (χ0n) is 14.6. The van der Waals surface area contributed by atoms with Crippen LogP contribution in [-0.2, 0) is 59.3 Å². The number of rotatable bonds is 8. The molecule has 3 saturated heterocycles. The van der Waals surface area contributed by atoms with Crippen molar-refractivity contribution in [3.05, 3.63) is 11.5 Å². The summed E-state index contributed by atoms with van der Waals surface area (Å²) >= 11 is 0. The van der Waals surface area contributed by atoms with Gasteiger partial charge in [0.25, 0.3) is 0 Å². The fourth-order valence-electron chi connectivity index (χ4n) is 2.51. The van der Waals surface area contributed by atoms with Gasteiger partial charge in [0, 0.05) is 17.1 Å². The largest absolute Gasteiger partial charge is 0.505 e. The molecule has 8 N–H and O–H groups in total. The molecule has 31 heavy (non-hydrogen) atoms. The Morgan fingerprint density at radius 2 is 1.71 bits per heavy atom. The zero-order valence-corrected chi connectivity index (χ0v) is 16.6. The van der Waals surface area contributed by atoms with E-state index in [4.69, 9.17) is 5.11 Å². The van der Waals surface area contributed by atoms with E-state index in [2.05, 4.69) is 28.1 Å². The minimum atomic E-state index is -4.53. The standard InChI is InChI=1S/C12H15O17P.Fe/c13-1-2(14)3(15)4(16)6(18)10(21)25-26-12-11(22,27-30(23,28-12)29-12)8-5(17)7(19)9(20)24-8;/h2-4,6,8,13-19,22H,1H2;/t2?,3?,4?,6?,8-,11-,12?,30?;/m0./s1. The first-order valence-electron chi connectivity index (χ1n) is 7.81. The number of phosphoric acid groups is 1. The van der Waals surface area contributed by atoms with Gasteiger partial charge in [0.15, 0.2) is 11.9 Å². The van der Waals surface area contributed by atoms with Gasteiger partial charge in [0.2, 0.25) is 11.9 Å². The van der Waals surface area contributed by atoms with Crippen LogP contribution >= 0.6 is 7.82 Å². The van der Waals surface area contributed by atoms with Crippen molar-refractivity contribution < 1.29 is 100 Å². The van der Waals surface area contributed by atoms with Crippen LogP contribution in [0.4, 0.5) is 0 Å². The number of fused-ring (bicyclic) bond motifs is 1. The van der Waals surface area contributed by atoms with Gasteiger partial charge in [-0.2, -0.15) is 0 Å². The predicted molar refractivity (Wildman–Crippen MR) is 79.0 cm³/mol. The molecule has 6 atom stereocenters. The number of hydrogen-bond donors (Lipinski definition) is 8. The molecular weight excluding hydrogens is 503 g/mol. The Labute approximate surface area is 180 Å². The quantitative estimate of drug-likeness (QED) is 0.0496. The fourth-order valence-corrected chi connectivity index (χ4v) is 4.06. The number of phosphoric ester groups is 1. The molecule has 0 aromatic rings. The normalized spacial score (nSPS) is 37.9. The molecule has 0 aromatic carbocycles. The van der Waals surface area contributed by atoms with E-state index in [1.165, 1.54) is 0 Å². The zero-order chi connectivity index (χ0) is 22.6. The molecule has 0 aliphatic carbocycles. The third-order valence-electron chi connectivity index (χ3n) is 4.15. The van der Waals surface area contributed by atoms with Crippen LogP contribution in [-0.4, -0.2) is 102 Å². The van der Waals surface area contributed by atoms with Crippen LogP contribution in [0.5, 0.6) is 0 Å². The fraction of sp³-hybridized carbons (Fsp3) is 0.667. The van der Waals surface area contributed by atoms with E-state index in [1.54, 1.807) is 0 Å². The molecule has 0 amide bonds. The van der Waals surface area contributed by atoms with E-state index in [9.17, 15) is 49.9 Å². The Morgan fingerprint density at radius 1 is 1.13 bits per heavy atom. The summed E-state index contributed by atoms with van der Waals surface area (Å²) in [7, 11) is -4.53. The van der Waals surface area contributed by atoms with E-state index < -0.39 is 80.2 Å².